The zero-order chi connectivity index (χ0) is 18.7. The molecule has 1 saturated heterocycles. The summed E-state index contributed by atoms with van der Waals surface area (Å²) in [6.45, 7) is 0.253. The Morgan fingerprint density at radius 2 is 1.96 bits per heavy atom. The van der Waals surface area contributed by atoms with Gasteiger partial charge in [-0.05, 0) is 18.4 Å². The highest BCUT2D eigenvalue weighted by atomic mass is 35.5. The van der Waals surface area contributed by atoms with Gasteiger partial charge in [0.05, 0.1) is 0 Å². The zero-order valence-corrected chi connectivity index (χ0v) is 15.0. The quantitative estimate of drug-likeness (QED) is 0.810. The van der Waals surface area contributed by atoms with Crippen molar-refractivity contribution in [2.45, 2.75) is 24.8 Å². The summed E-state index contributed by atoms with van der Waals surface area (Å²) in [4.78, 5) is 35.6. The number of carboxylic acid groups (broad SMARTS) is 1. The molecule has 8 heteroatoms. The minimum absolute atomic E-state index is 0.0798. The van der Waals surface area contributed by atoms with E-state index < -0.39 is 17.5 Å². The van der Waals surface area contributed by atoms with Gasteiger partial charge in [0, 0.05) is 32.4 Å². The number of halogens is 1. The maximum absolute atomic E-state index is 13.4. The van der Waals surface area contributed by atoms with Crippen molar-refractivity contribution in [2.24, 2.45) is 0 Å². The Labute approximate surface area is 156 Å². The highest BCUT2D eigenvalue weighted by Crippen LogP contribution is 2.36. The number of likely N-dealkylation sites (N-methyl/N-ethyl adjacent to an activating group) is 1. The highest BCUT2D eigenvalue weighted by Gasteiger charge is 2.49. The Balaban J connectivity index is 2.01. The van der Waals surface area contributed by atoms with Gasteiger partial charge >= 0.3 is 0 Å². The topological polar surface area (TPSA) is 89.5 Å². The van der Waals surface area contributed by atoms with Crippen LogP contribution < -0.4 is 10.0 Å². The Hall–Kier alpha value is -2.67. The maximum Gasteiger partial charge on any atom is 0.254 e. The molecule has 1 aromatic heterocycles. The lowest BCUT2D eigenvalue weighted by Gasteiger charge is -2.41. The van der Waals surface area contributed by atoms with Crippen molar-refractivity contribution >= 4 is 29.4 Å². The summed E-state index contributed by atoms with van der Waals surface area (Å²) in [6, 6.07) is 9.32. The van der Waals surface area contributed by atoms with E-state index in [4.69, 9.17) is 11.6 Å². The fraction of sp³-hybridized carbons (Fsp3) is 0.333. The van der Waals surface area contributed by atoms with Crippen molar-refractivity contribution in [2.75, 3.05) is 18.5 Å². The molecular weight excluding hydrogens is 356 g/mol. The van der Waals surface area contributed by atoms with Crippen LogP contribution in [0.2, 0.25) is 5.15 Å². The molecule has 0 unspecified atom stereocenters. The standard InChI is InChI=1S/C18H19ClN4O3/c1-22(15-14(19)20-9-10-21-15)16(24)18(8-5-11-23(18)17(25)26)12-13-6-3-2-4-7-13/h2-4,6-7,9-10H,5,8,11-12H2,1H3,(H,25,26)/p-1/t18-/m1/s1. The number of anilines is 1. The summed E-state index contributed by atoms with van der Waals surface area (Å²) >= 11 is 6.06. The molecule has 1 aliphatic heterocycles. The van der Waals surface area contributed by atoms with E-state index in [1.807, 2.05) is 30.3 Å². The minimum atomic E-state index is -1.36. The number of carbonyl (C=O) groups excluding carboxylic acids is 2. The molecule has 0 saturated carbocycles. The number of aromatic nitrogens is 2. The average molecular weight is 374 g/mol. The summed E-state index contributed by atoms with van der Waals surface area (Å²) < 4.78 is 0. The van der Waals surface area contributed by atoms with Crippen molar-refractivity contribution in [3.8, 4) is 0 Å². The third-order valence-electron chi connectivity index (χ3n) is 4.70. The van der Waals surface area contributed by atoms with Gasteiger partial charge in [0.15, 0.2) is 11.0 Å². The molecule has 136 valence electrons. The van der Waals surface area contributed by atoms with Gasteiger partial charge in [0.1, 0.15) is 11.6 Å². The fourth-order valence-electron chi connectivity index (χ4n) is 3.51. The third kappa shape index (κ3) is 3.22. The number of hydrogen-bond acceptors (Lipinski definition) is 5. The van der Waals surface area contributed by atoms with Crippen LogP contribution in [0.4, 0.5) is 10.6 Å². The first-order valence-corrected chi connectivity index (χ1v) is 8.61. The van der Waals surface area contributed by atoms with Gasteiger partial charge in [-0.1, -0.05) is 41.9 Å². The molecule has 1 aliphatic rings. The number of rotatable bonds is 4. The predicted molar refractivity (Wildman–Crippen MR) is 94.7 cm³/mol. The first-order valence-electron chi connectivity index (χ1n) is 8.23. The van der Waals surface area contributed by atoms with E-state index in [-0.39, 0.29) is 23.9 Å². The Morgan fingerprint density at radius 1 is 1.27 bits per heavy atom. The molecule has 0 aliphatic carbocycles. The van der Waals surface area contributed by atoms with E-state index >= 15 is 0 Å². The molecule has 1 aromatic carbocycles. The van der Waals surface area contributed by atoms with Gasteiger partial charge in [-0.15, -0.1) is 0 Å². The molecule has 3 rings (SSSR count). The largest absolute Gasteiger partial charge is 0.530 e. The number of nitrogens with zero attached hydrogens (tertiary/aromatic N) is 4. The van der Waals surface area contributed by atoms with Crippen LogP contribution in [0.1, 0.15) is 18.4 Å². The number of likely N-dealkylation sites (tertiary alicyclic amines) is 1. The van der Waals surface area contributed by atoms with Crippen LogP contribution in [0.15, 0.2) is 42.7 Å². The van der Waals surface area contributed by atoms with E-state index in [9.17, 15) is 14.7 Å². The number of hydrogen-bond donors (Lipinski definition) is 0. The van der Waals surface area contributed by atoms with E-state index in [1.165, 1.54) is 24.3 Å². The fourth-order valence-corrected chi connectivity index (χ4v) is 3.74. The maximum atomic E-state index is 13.4. The molecule has 2 amide bonds. The van der Waals surface area contributed by atoms with Crippen molar-refractivity contribution in [3.05, 3.63) is 53.4 Å². The van der Waals surface area contributed by atoms with E-state index in [0.29, 0.717) is 12.8 Å². The molecule has 7 nitrogen and oxygen atoms in total. The predicted octanol–water partition coefficient (Wildman–Crippen LogP) is 1.51. The zero-order valence-electron chi connectivity index (χ0n) is 14.3. The summed E-state index contributed by atoms with van der Waals surface area (Å²) in [5.74, 6) is -0.206. The van der Waals surface area contributed by atoms with Gasteiger partial charge in [0.2, 0.25) is 0 Å². The molecule has 26 heavy (non-hydrogen) atoms. The van der Waals surface area contributed by atoms with E-state index in [1.54, 1.807) is 0 Å². The molecular formula is C18H18ClN4O3-. The normalized spacial score (nSPS) is 19.4. The van der Waals surface area contributed by atoms with Crippen molar-refractivity contribution in [1.82, 2.24) is 14.9 Å². The molecule has 0 bridgehead atoms. The summed E-state index contributed by atoms with van der Waals surface area (Å²) in [5.41, 5.74) is -0.386. The SMILES string of the molecule is CN(C(=O)[C@]1(Cc2ccccc2)CCCN1C(=O)[O-])c1nccnc1Cl. The van der Waals surface area contributed by atoms with Gasteiger partial charge in [-0.2, -0.15) is 0 Å². The first kappa shape index (κ1) is 18.1. The van der Waals surface area contributed by atoms with E-state index in [0.717, 1.165) is 10.5 Å². The average Bonchev–Trinajstić information content (AvgIpc) is 3.06. The second kappa shape index (κ2) is 7.29. The second-order valence-corrected chi connectivity index (χ2v) is 6.61. The van der Waals surface area contributed by atoms with Gasteiger partial charge in [0.25, 0.3) is 5.91 Å². The van der Waals surface area contributed by atoms with Crippen molar-refractivity contribution < 1.29 is 14.7 Å². The van der Waals surface area contributed by atoms with Crippen LogP contribution >= 0.6 is 11.6 Å². The lowest BCUT2D eigenvalue weighted by molar-refractivity contribution is -0.269. The lowest BCUT2D eigenvalue weighted by Crippen LogP contribution is -2.61. The smallest absolute Gasteiger partial charge is 0.254 e. The van der Waals surface area contributed by atoms with Crippen molar-refractivity contribution in [1.29, 1.82) is 0 Å². The number of benzene rings is 1. The van der Waals surface area contributed by atoms with E-state index in [2.05, 4.69) is 9.97 Å². The Kier molecular flexibility index (Phi) is 5.08. The molecule has 0 spiro atoms. The summed E-state index contributed by atoms with van der Waals surface area (Å²) in [7, 11) is 1.52. The Morgan fingerprint density at radius 3 is 2.62 bits per heavy atom. The van der Waals surface area contributed by atoms with Crippen LogP contribution in [-0.4, -0.2) is 46.0 Å². The molecule has 2 aromatic rings. The van der Waals surface area contributed by atoms with Gasteiger partial charge < -0.3 is 14.8 Å². The summed E-state index contributed by atoms with van der Waals surface area (Å²) in [6.07, 6.45) is 2.73. The Bertz CT molecular complexity index is 817. The van der Waals surface area contributed by atoms with Crippen LogP contribution in [0.3, 0.4) is 0 Å². The van der Waals surface area contributed by atoms with Crippen molar-refractivity contribution in [3.63, 3.8) is 0 Å². The van der Waals surface area contributed by atoms with Gasteiger partial charge in [-0.3, -0.25) is 9.69 Å². The first-order chi connectivity index (χ1) is 12.5. The number of carbonyl (C=O) groups is 2. The molecule has 1 atom stereocenters. The number of amides is 2. The molecule has 0 N–H and O–H groups in total. The molecule has 2 heterocycles. The van der Waals surface area contributed by atoms with Gasteiger partial charge in [-0.25, -0.2) is 9.97 Å². The second-order valence-electron chi connectivity index (χ2n) is 6.25. The molecule has 0 radical (unpaired) electrons. The highest BCUT2D eigenvalue weighted by molar-refractivity contribution is 6.32. The lowest BCUT2D eigenvalue weighted by atomic mass is 9.86. The monoisotopic (exact) mass is 373 g/mol. The van der Waals surface area contributed by atoms with Crippen LogP contribution in [-0.2, 0) is 11.2 Å². The van der Waals surface area contributed by atoms with Crippen LogP contribution in [0.25, 0.3) is 0 Å². The summed E-state index contributed by atoms with van der Waals surface area (Å²) in [5, 5.41) is 11.8. The van der Waals surface area contributed by atoms with Crippen LogP contribution in [0.5, 0.6) is 0 Å². The molecule has 1 fully saturated rings. The van der Waals surface area contributed by atoms with Crippen LogP contribution in [0, 0.1) is 0 Å². The third-order valence-corrected chi connectivity index (χ3v) is 4.97. The minimum Gasteiger partial charge on any atom is -0.530 e.